The van der Waals surface area contributed by atoms with Crippen LogP contribution in [0.15, 0.2) is 12.2 Å². The lowest BCUT2D eigenvalue weighted by Gasteiger charge is -2.12. The van der Waals surface area contributed by atoms with Crippen molar-refractivity contribution >= 4 is 18.5 Å². The topological polar surface area (TPSA) is 57.2 Å². The molecule has 0 radical (unpaired) electrons. The highest BCUT2D eigenvalue weighted by Crippen LogP contribution is 2.70. The Morgan fingerprint density at radius 1 is 1.31 bits per heavy atom. The molecule has 0 aromatic rings. The molecule has 0 amide bonds. The average Bonchev–Trinajstić information content (AvgIpc) is 2.20. The van der Waals surface area contributed by atoms with Crippen molar-refractivity contribution in [3.8, 4) is 0 Å². The second-order valence-electron chi connectivity index (χ2n) is 1.76. The third-order valence-corrected chi connectivity index (χ3v) is 5.36. The molecule has 0 saturated heterocycles. The fourth-order valence-corrected chi connectivity index (χ4v) is 2.72. The highest BCUT2D eigenvalue weighted by molar-refractivity contribution is 8.57. The molecule has 0 atom stereocenters. The van der Waals surface area contributed by atoms with Crippen LogP contribution in [0.4, 0.5) is 0 Å². The minimum atomic E-state index is -2.41. The van der Waals surface area contributed by atoms with Crippen molar-refractivity contribution in [1.82, 2.24) is 0 Å². The van der Waals surface area contributed by atoms with E-state index in [1.807, 2.05) is 0 Å². The number of ether oxygens (including phenoxy) is 1. The molecular formula is C6H14O5PS+. The first-order valence-electron chi connectivity index (χ1n) is 3.32. The summed E-state index contributed by atoms with van der Waals surface area (Å²) in [4.78, 5) is 0. The van der Waals surface area contributed by atoms with Gasteiger partial charge in [-0.25, -0.2) is 0 Å². The fraction of sp³-hybridized carbons (Fsp3) is 0.667. The predicted molar refractivity (Wildman–Crippen MR) is 53.3 cm³/mol. The van der Waals surface area contributed by atoms with Gasteiger partial charge in [0.15, 0.2) is 0 Å². The number of aliphatic hydroxyl groups excluding tert-OH is 1. The van der Waals surface area contributed by atoms with E-state index in [2.05, 4.69) is 4.74 Å². The van der Waals surface area contributed by atoms with E-state index >= 15 is 0 Å². The number of methoxy groups -OCH3 is 1. The summed E-state index contributed by atoms with van der Waals surface area (Å²) in [5, 5.41) is 8.92. The number of hydrogen-bond acceptors (Lipinski definition) is 6. The Kier molecular flexibility index (Phi) is 6.24. The van der Waals surface area contributed by atoms with Crippen LogP contribution in [0.3, 0.4) is 0 Å². The average molecular weight is 229 g/mol. The van der Waals surface area contributed by atoms with Crippen LogP contribution < -0.4 is 0 Å². The molecule has 78 valence electrons. The van der Waals surface area contributed by atoms with E-state index in [-0.39, 0.29) is 5.95 Å². The van der Waals surface area contributed by atoms with Gasteiger partial charge in [-0.1, -0.05) is 0 Å². The van der Waals surface area contributed by atoms with Crippen molar-refractivity contribution in [3.63, 3.8) is 0 Å². The monoisotopic (exact) mass is 229 g/mol. The molecule has 0 fully saturated rings. The van der Waals surface area contributed by atoms with E-state index in [1.54, 1.807) is 6.26 Å². The molecule has 0 bridgehead atoms. The van der Waals surface area contributed by atoms with Crippen molar-refractivity contribution in [2.24, 2.45) is 0 Å². The minimum Gasteiger partial charge on any atom is -0.479 e. The second-order valence-corrected chi connectivity index (χ2v) is 6.40. The molecule has 0 rings (SSSR count). The summed E-state index contributed by atoms with van der Waals surface area (Å²) in [6.45, 7) is 0. The number of rotatable bonds is 6. The van der Waals surface area contributed by atoms with E-state index in [1.165, 1.54) is 32.7 Å². The highest BCUT2D eigenvalue weighted by Gasteiger charge is 2.44. The quantitative estimate of drug-likeness (QED) is 0.557. The molecular weight excluding hydrogens is 215 g/mol. The van der Waals surface area contributed by atoms with Crippen molar-refractivity contribution in [2.45, 2.75) is 0 Å². The van der Waals surface area contributed by atoms with Gasteiger partial charge in [0.05, 0.1) is 21.3 Å². The zero-order valence-corrected chi connectivity index (χ0v) is 9.72. The van der Waals surface area contributed by atoms with Crippen LogP contribution >= 0.6 is 18.5 Å². The molecule has 0 spiro atoms. The Morgan fingerprint density at radius 3 is 2.15 bits per heavy atom. The third kappa shape index (κ3) is 4.04. The maximum atomic E-state index is 8.92. The van der Waals surface area contributed by atoms with Gasteiger partial charge in [-0.2, -0.15) is 9.05 Å². The van der Waals surface area contributed by atoms with Crippen LogP contribution in [0.1, 0.15) is 0 Å². The van der Waals surface area contributed by atoms with Crippen LogP contribution in [0.25, 0.3) is 0 Å². The van der Waals surface area contributed by atoms with E-state index in [0.717, 1.165) is 6.26 Å². The standard InChI is InChI=1S/C6H13O5PS/c1-8-6(7)5-11-12(9-2,10-3)13-4/h5H,1-4H3/p+1/b6-5+. The lowest BCUT2D eigenvalue weighted by atomic mass is 11.0. The summed E-state index contributed by atoms with van der Waals surface area (Å²) in [6, 6.07) is 0. The molecule has 0 unspecified atom stereocenters. The predicted octanol–water partition coefficient (Wildman–Crippen LogP) is 2.34. The van der Waals surface area contributed by atoms with Crippen LogP contribution in [0, 0.1) is 0 Å². The second kappa shape index (κ2) is 6.32. The Hall–Kier alpha value is -0.160. The molecule has 0 aliphatic carbocycles. The number of aliphatic hydroxyl groups is 1. The van der Waals surface area contributed by atoms with Gasteiger partial charge >= 0.3 is 13.1 Å². The van der Waals surface area contributed by atoms with Gasteiger partial charge in [-0.15, -0.1) is 0 Å². The summed E-state index contributed by atoms with van der Waals surface area (Å²) < 4.78 is 19.7. The Bertz CT molecular complexity index is 162. The maximum Gasteiger partial charge on any atom is 0.523 e. The fourth-order valence-electron chi connectivity index (χ4n) is 0.510. The van der Waals surface area contributed by atoms with Gasteiger partial charge in [0.25, 0.3) is 0 Å². The third-order valence-electron chi connectivity index (χ3n) is 1.16. The molecule has 0 aromatic carbocycles. The number of hydrogen-bond donors (Lipinski definition) is 1. The first kappa shape index (κ1) is 12.8. The smallest absolute Gasteiger partial charge is 0.479 e. The molecule has 0 aliphatic rings. The summed E-state index contributed by atoms with van der Waals surface area (Å²) in [5.41, 5.74) is 0. The summed E-state index contributed by atoms with van der Waals surface area (Å²) in [7, 11) is 1.88. The lowest BCUT2D eigenvalue weighted by Crippen LogP contribution is -1.96. The van der Waals surface area contributed by atoms with Crippen LogP contribution in [0.2, 0.25) is 0 Å². The molecule has 0 aliphatic heterocycles. The lowest BCUT2D eigenvalue weighted by molar-refractivity contribution is 0.120. The SMILES string of the molecule is CO/C(O)=C/O[P+](OC)(OC)SC. The molecule has 5 nitrogen and oxygen atoms in total. The molecule has 0 heterocycles. The zero-order valence-electron chi connectivity index (χ0n) is 8.01. The molecule has 0 aromatic heterocycles. The summed E-state index contributed by atoms with van der Waals surface area (Å²) in [6.07, 6.45) is 2.84. The van der Waals surface area contributed by atoms with E-state index in [4.69, 9.17) is 18.7 Å². The van der Waals surface area contributed by atoms with Gasteiger partial charge in [0.2, 0.25) is 6.26 Å². The van der Waals surface area contributed by atoms with Gasteiger partial charge in [-0.3, -0.25) is 4.52 Å². The minimum absolute atomic E-state index is 0.326. The van der Waals surface area contributed by atoms with E-state index < -0.39 is 7.15 Å². The Labute approximate surface area is 82.3 Å². The van der Waals surface area contributed by atoms with Crippen molar-refractivity contribution in [1.29, 1.82) is 0 Å². The summed E-state index contributed by atoms with van der Waals surface area (Å²) in [5.74, 6) is -0.326. The van der Waals surface area contributed by atoms with Gasteiger partial charge < -0.3 is 9.84 Å². The van der Waals surface area contributed by atoms with Crippen LogP contribution in [-0.4, -0.2) is 32.7 Å². The van der Waals surface area contributed by atoms with Crippen molar-refractivity contribution < 1.29 is 23.4 Å². The molecule has 13 heavy (non-hydrogen) atoms. The zero-order chi connectivity index (χ0) is 10.3. The van der Waals surface area contributed by atoms with Crippen molar-refractivity contribution in [2.75, 3.05) is 27.6 Å². The maximum absolute atomic E-state index is 8.92. The first-order chi connectivity index (χ1) is 6.14. The van der Waals surface area contributed by atoms with Gasteiger partial charge in [-0.05, 0) is 0 Å². The largest absolute Gasteiger partial charge is 0.523 e. The van der Waals surface area contributed by atoms with E-state index in [0.29, 0.717) is 0 Å². The summed E-state index contributed by atoms with van der Waals surface area (Å²) >= 11 is 1.30. The van der Waals surface area contributed by atoms with Gasteiger partial charge in [0, 0.05) is 6.26 Å². The van der Waals surface area contributed by atoms with Crippen molar-refractivity contribution in [3.05, 3.63) is 12.2 Å². The molecule has 0 saturated carbocycles. The van der Waals surface area contributed by atoms with Crippen LogP contribution in [0.5, 0.6) is 0 Å². The Balaban J connectivity index is 4.25. The van der Waals surface area contributed by atoms with Gasteiger partial charge in [0.1, 0.15) is 11.4 Å². The normalized spacial score (nSPS) is 12.8. The van der Waals surface area contributed by atoms with E-state index in [9.17, 15) is 0 Å². The molecule has 7 heteroatoms. The highest BCUT2D eigenvalue weighted by atomic mass is 32.7. The van der Waals surface area contributed by atoms with Crippen LogP contribution in [-0.2, 0) is 18.3 Å². The Morgan fingerprint density at radius 2 is 1.85 bits per heavy atom. The first-order valence-corrected chi connectivity index (χ1v) is 6.69. The molecule has 1 N–H and O–H groups in total.